The Bertz CT molecular complexity index is 360. The molecule has 4 heteroatoms. The Hall–Kier alpha value is -0.870. The summed E-state index contributed by atoms with van der Waals surface area (Å²) in [6.07, 6.45) is 2.54. The summed E-state index contributed by atoms with van der Waals surface area (Å²) in [7, 11) is 0. The zero-order chi connectivity index (χ0) is 13.4. The van der Waals surface area contributed by atoms with Crippen LogP contribution in [0, 0.1) is 0 Å². The lowest BCUT2D eigenvalue weighted by molar-refractivity contribution is -0.121. The summed E-state index contributed by atoms with van der Waals surface area (Å²) >= 11 is 1.72. The molecule has 3 nitrogen and oxygen atoms in total. The van der Waals surface area contributed by atoms with E-state index in [1.54, 1.807) is 11.3 Å². The third-order valence-electron chi connectivity index (χ3n) is 2.80. The van der Waals surface area contributed by atoms with Crippen LogP contribution in [-0.4, -0.2) is 18.5 Å². The van der Waals surface area contributed by atoms with Gasteiger partial charge in [-0.3, -0.25) is 4.79 Å². The monoisotopic (exact) mass is 268 g/mol. The molecule has 102 valence electrons. The second-order valence-electron chi connectivity index (χ2n) is 4.71. The summed E-state index contributed by atoms with van der Waals surface area (Å²) in [4.78, 5) is 12.9. The van der Waals surface area contributed by atoms with Crippen molar-refractivity contribution in [1.82, 2.24) is 10.6 Å². The van der Waals surface area contributed by atoms with Gasteiger partial charge in [0.15, 0.2) is 0 Å². The summed E-state index contributed by atoms with van der Waals surface area (Å²) < 4.78 is 0. The van der Waals surface area contributed by atoms with E-state index in [0.717, 1.165) is 19.4 Å². The topological polar surface area (TPSA) is 41.1 Å². The molecule has 0 aliphatic carbocycles. The minimum absolute atomic E-state index is 0.149. The molecule has 1 aromatic heterocycles. The van der Waals surface area contributed by atoms with Crippen LogP contribution in [0.5, 0.6) is 0 Å². The number of hydrogen-bond donors (Lipinski definition) is 2. The predicted octanol–water partition coefficient (Wildman–Crippen LogP) is 2.70. The second kappa shape index (κ2) is 8.27. The average Bonchev–Trinajstić information content (AvgIpc) is 2.79. The highest BCUT2D eigenvalue weighted by molar-refractivity contribution is 7.10. The van der Waals surface area contributed by atoms with Crippen LogP contribution in [0.25, 0.3) is 0 Å². The molecule has 2 N–H and O–H groups in total. The standard InChI is InChI=1S/C14H24N2OS/c1-4-12-7-9-18-13(12)10-16-14(17)6-5-8-15-11(2)3/h7,9,11,15H,4-6,8,10H2,1-3H3,(H,16,17). The Morgan fingerprint density at radius 1 is 1.44 bits per heavy atom. The molecule has 0 bridgehead atoms. The van der Waals surface area contributed by atoms with Gasteiger partial charge in [0.2, 0.25) is 5.91 Å². The van der Waals surface area contributed by atoms with Gasteiger partial charge in [-0.2, -0.15) is 0 Å². The fourth-order valence-electron chi connectivity index (χ4n) is 1.74. The Morgan fingerprint density at radius 2 is 2.22 bits per heavy atom. The first kappa shape index (κ1) is 15.2. The van der Waals surface area contributed by atoms with Gasteiger partial charge < -0.3 is 10.6 Å². The Labute approximate surface area is 114 Å². The van der Waals surface area contributed by atoms with Crippen molar-refractivity contribution in [3.63, 3.8) is 0 Å². The van der Waals surface area contributed by atoms with E-state index in [1.165, 1.54) is 10.4 Å². The molecule has 1 rings (SSSR count). The maximum atomic E-state index is 11.6. The predicted molar refractivity (Wildman–Crippen MR) is 77.9 cm³/mol. The smallest absolute Gasteiger partial charge is 0.220 e. The number of rotatable bonds is 8. The maximum Gasteiger partial charge on any atom is 0.220 e. The summed E-state index contributed by atoms with van der Waals surface area (Å²) in [5.74, 6) is 0.149. The van der Waals surface area contributed by atoms with Gasteiger partial charge in [0.25, 0.3) is 0 Å². The summed E-state index contributed by atoms with van der Waals surface area (Å²) in [5, 5.41) is 8.39. The van der Waals surface area contributed by atoms with Crippen molar-refractivity contribution >= 4 is 17.2 Å². The van der Waals surface area contributed by atoms with Crippen molar-refractivity contribution in [3.8, 4) is 0 Å². The molecule has 1 heterocycles. The lowest BCUT2D eigenvalue weighted by Crippen LogP contribution is -2.27. The lowest BCUT2D eigenvalue weighted by atomic mass is 10.2. The van der Waals surface area contributed by atoms with E-state index >= 15 is 0 Å². The highest BCUT2D eigenvalue weighted by atomic mass is 32.1. The second-order valence-corrected chi connectivity index (χ2v) is 5.71. The van der Waals surface area contributed by atoms with Crippen LogP contribution in [0.3, 0.4) is 0 Å². The van der Waals surface area contributed by atoms with E-state index in [2.05, 4.69) is 42.9 Å². The molecule has 0 aliphatic heterocycles. The fourth-order valence-corrected chi connectivity index (χ4v) is 2.66. The molecular weight excluding hydrogens is 244 g/mol. The number of hydrogen-bond acceptors (Lipinski definition) is 3. The van der Waals surface area contributed by atoms with Crippen LogP contribution < -0.4 is 10.6 Å². The molecule has 1 aromatic rings. The first-order valence-electron chi connectivity index (χ1n) is 6.68. The quantitative estimate of drug-likeness (QED) is 0.712. The molecule has 18 heavy (non-hydrogen) atoms. The minimum Gasteiger partial charge on any atom is -0.351 e. The van der Waals surface area contributed by atoms with Crippen LogP contribution in [0.4, 0.5) is 0 Å². The molecule has 0 aromatic carbocycles. The Morgan fingerprint density at radius 3 is 2.89 bits per heavy atom. The molecule has 0 unspecified atom stereocenters. The van der Waals surface area contributed by atoms with Gasteiger partial charge in [0.1, 0.15) is 0 Å². The van der Waals surface area contributed by atoms with Crippen LogP contribution in [0.1, 0.15) is 44.1 Å². The average molecular weight is 268 g/mol. The minimum atomic E-state index is 0.149. The van der Waals surface area contributed by atoms with Crippen molar-refractivity contribution in [2.24, 2.45) is 0 Å². The first-order valence-corrected chi connectivity index (χ1v) is 7.56. The molecule has 0 saturated carbocycles. The Kier molecular flexibility index (Phi) is 6.98. The Balaban J connectivity index is 2.17. The molecule has 1 amide bonds. The molecule has 0 spiro atoms. The van der Waals surface area contributed by atoms with Gasteiger partial charge in [-0.25, -0.2) is 0 Å². The molecule has 0 atom stereocenters. The van der Waals surface area contributed by atoms with Crippen LogP contribution in [0.15, 0.2) is 11.4 Å². The number of carbonyl (C=O) groups excluding carboxylic acids is 1. The van der Waals surface area contributed by atoms with E-state index < -0.39 is 0 Å². The highest BCUT2D eigenvalue weighted by Gasteiger charge is 2.05. The van der Waals surface area contributed by atoms with Crippen LogP contribution in [0.2, 0.25) is 0 Å². The van der Waals surface area contributed by atoms with Gasteiger partial charge in [0, 0.05) is 17.3 Å². The third kappa shape index (κ3) is 5.65. The van der Waals surface area contributed by atoms with Gasteiger partial charge in [-0.05, 0) is 36.4 Å². The summed E-state index contributed by atoms with van der Waals surface area (Å²) in [6.45, 7) is 7.96. The fraction of sp³-hybridized carbons (Fsp3) is 0.643. The molecule has 0 aliphatic rings. The SMILES string of the molecule is CCc1ccsc1CNC(=O)CCCNC(C)C. The number of aryl methyl sites for hydroxylation is 1. The number of nitrogens with one attached hydrogen (secondary N) is 2. The van der Waals surface area contributed by atoms with Crippen LogP contribution >= 0.6 is 11.3 Å². The van der Waals surface area contributed by atoms with Gasteiger partial charge in [-0.15, -0.1) is 11.3 Å². The number of thiophene rings is 1. The highest BCUT2D eigenvalue weighted by Crippen LogP contribution is 2.16. The maximum absolute atomic E-state index is 11.6. The zero-order valence-electron chi connectivity index (χ0n) is 11.6. The van der Waals surface area contributed by atoms with E-state index in [9.17, 15) is 4.79 Å². The number of carbonyl (C=O) groups is 1. The van der Waals surface area contributed by atoms with Gasteiger partial charge in [0.05, 0.1) is 6.54 Å². The van der Waals surface area contributed by atoms with E-state index in [-0.39, 0.29) is 5.91 Å². The van der Waals surface area contributed by atoms with E-state index in [1.807, 2.05) is 0 Å². The summed E-state index contributed by atoms with van der Waals surface area (Å²) in [6, 6.07) is 2.63. The zero-order valence-corrected chi connectivity index (χ0v) is 12.4. The third-order valence-corrected chi connectivity index (χ3v) is 3.76. The lowest BCUT2D eigenvalue weighted by Gasteiger charge is -2.08. The van der Waals surface area contributed by atoms with E-state index in [4.69, 9.17) is 0 Å². The van der Waals surface area contributed by atoms with Gasteiger partial charge in [-0.1, -0.05) is 20.8 Å². The number of amides is 1. The largest absolute Gasteiger partial charge is 0.351 e. The first-order chi connectivity index (χ1) is 8.63. The van der Waals surface area contributed by atoms with Crippen molar-refractivity contribution in [2.45, 2.75) is 52.6 Å². The van der Waals surface area contributed by atoms with E-state index in [0.29, 0.717) is 19.0 Å². The van der Waals surface area contributed by atoms with Crippen molar-refractivity contribution < 1.29 is 4.79 Å². The normalized spacial score (nSPS) is 10.9. The molecule has 0 fully saturated rings. The van der Waals surface area contributed by atoms with Crippen molar-refractivity contribution in [3.05, 3.63) is 21.9 Å². The van der Waals surface area contributed by atoms with Crippen molar-refractivity contribution in [2.75, 3.05) is 6.54 Å². The molecule has 0 radical (unpaired) electrons. The molecule has 0 saturated heterocycles. The van der Waals surface area contributed by atoms with Crippen molar-refractivity contribution in [1.29, 1.82) is 0 Å². The van der Waals surface area contributed by atoms with Crippen LogP contribution in [-0.2, 0) is 17.8 Å². The molecular formula is C14H24N2OS. The van der Waals surface area contributed by atoms with Gasteiger partial charge >= 0.3 is 0 Å². The summed E-state index contributed by atoms with van der Waals surface area (Å²) in [5.41, 5.74) is 1.35.